The number of nitrogens with two attached hydrogens (primary N) is 1. The van der Waals surface area contributed by atoms with Crippen LogP contribution in [-0.4, -0.2) is 26.5 Å². The maximum Gasteiger partial charge on any atom is 0.234 e. The Bertz CT molecular complexity index is 809. The van der Waals surface area contributed by atoms with Crippen molar-refractivity contribution < 1.29 is 4.79 Å². The number of aromatic nitrogens is 3. The van der Waals surface area contributed by atoms with Gasteiger partial charge in [-0.2, -0.15) is 0 Å². The molecule has 3 N–H and O–H groups in total. The van der Waals surface area contributed by atoms with E-state index in [1.54, 1.807) is 0 Å². The molecule has 1 aliphatic carbocycles. The van der Waals surface area contributed by atoms with Crippen LogP contribution in [0.3, 0.4) is 0 Å². The van der Waals surface area contributed by atoms with Crippen LogP contribution in [-0.2, 0) is 11.2 Å². The minimum atomic E-state index is -0.148. The Morgan fingerprint density at radius 1 is 1.29 bits per heavy atom. The standard InChI is InChI=1S/C20H28ClN5OS/c1-13-10-14(2)19(16(21)11-13)23-18(27)12-28-20-25-24-17(26(20)22)9-8-15-6-4-3-5-7-15/h10-11,15H,3-9,12,22H2,1-2H3,(H,23,27). The highest BCUT2D eigenvalue weighted by Gasteiger charge is 2.17. The summed E-state index contributed by atoms with van der Waals surface area (Å²) in [5.41, 5.74) is 2.66. The fraction of sp³-hybridized carbons (Fsp3) is 0.550. The number of aryl methyl sites for hydroxylation is 3. The Labute approximate surface area is 175 Å². The molecule has 1 fully saturated rings. The number of carbonyl (C=O) groups is 1. The number of benzene rings is 1. The molecule has 0 radical (unpaired) electrons. The number of hydrogen-bond acceptors (Lipinski definition) is 5. The van der Waals surface area contributed by atoms with Crippen molar-refractivity contribution in [2.24, 2.45) is 5.92 Å². The molecular formula is C20H28ClN5OS. The maximum absolute atomic E-state index is 12.3. The Kier molecular flexibility index (Phi) is 7.24. The molecule has 152 valence electrons. The average molecular weight is 422 g/mol. The number of nitrogens with one attached hydrogen (secondary N) is 1. The number of halogens is 1. The molecule has 0 saturated heterocycles. The summed E-state index contributed by atoms with van der Waals surface area (Å²) in [7, 11) is 0. The molecule has 1 aromatic heterocycles. The molecule has 0 spiro atoms. The molecule has 1 aliphatic rings. The SMILES string of the molecule is Cc1cc(C)c(NC(=O)CSc2nnc(CCC3CCCCC3)n2N)c(Cl)c1. The summed E-state index contributed by atoms with van der Waals surface area (Å²) in [6.45, 7) is 3.90. The lowest BCUT2D eigenvalue weighted by atomic mass is 9.86. The second-order valence-corrected chi connectivity index (χ2v) is 8.94. The molecule has 0 bridgehead atoms. The lowest BCUT2D eigenvalue weighted by Gasteiger charge is -2.20. The number of thioether (sulfide) groups is 1. The van der Waals surface area contributed by atoms with Gasteiger partial charge >= 0.3 is 0 Å². The third-order valence-corrected chi connectivity index (χ3v) is 6.51. The van der Waals surface area contributed by atoms with Gasteiger partial charge in [0, 0.05) is 6.42 Å². The zero-order valence-electron chi connectivity index (χ0n) is 16.5. The van der Waals surface area contributed by atoms with Crippen molar-refractivity contribution in [2.75, 3.05) is 16.9 Å². The van der Waals surface area contributed by atoms with Crippen molar-refractivity contribution in [1.29, 1.82) is 0 Å². The van der Waals surface area contributed by atoms with Crippen molar-refractivity contribution >= 4 is 35.0 Å². The van der Waals surface area contributed by atoms with Crippen LogP contribution in [0.5, 0.6) is 0 Å². The summed E-state index contributed by atoms with van der Waals surface area (Å²) in [5.74, 6) is 7.75. The lowest BCUT2D eigenvalue weighted by molar-refractivity contribution is -0.113. The topological polar surface area (TPSA) is 85.8 Å². The van der Waals surface area contributed by atoms with Crippen LogP contribution in [0.4, 0.5) is 5.69 Å². The van der Waals surface area contributed by atoms with E-state index in [2.05, 4.69) is 15.5 Å². The van der Waals surface area contributed by atoms with Crippen molar-refractivity contribution in [2.45, 2.75) is 63.9 Å². The molecule has 1 aromatic carbocycles. The summed E-state index contributed by atoms with van der Waals surface area (Å²) >= 11 is 7.54. The number of anilines is 1. The van der Waals surface area contributed by atoms with Crippen LogP contribution in [0.15, 0.2) is 17.3 Å². The Balaban J connectivity index is 1.52. The third kappa shape index (κ3) is 5.41. The van der Waals surface area contributed by atoms with Gasteiger partial charge in [-0.05, 0) is 43.4 Å². The number of rotatable bonds is 7. The predicted octanol–water partition coefficient (Wildman–Crippen LogP) is 4.51. The monoisotopic (exact) mass is 421 g/mol. The van der Waals surface area contributed by atoms with Crippen LogP contribution >= 0.6 is 23.4 Å². The molecule has 2 aromatic rings. The number of carbonyl (C=O) groups excluding carboxylic acids is 1. The molecule has 1 heterocycles. The first-order valence-corrected chi connectivity index (χ1v) is 11.2. The fourth-order valence-electron chi connectivity index (χ4n) is 3.76. The summed E-state index contributed by atoms with van der Waals surface area (Å²) in [6, 6.07) is 3.83. The average Bonchev–Trinajstić information content (AvgIpc) is 3.02. The summed E-state index contributed by atoms with van der Waals surface area (Å²) in [6.07, 6.45) is 8.58. The van der Waals surface area contributed by atoms with E-state index in [-0.39, 0.29) is 11.7 Å². The van der Waals surface area contributed by atoms with Crippen LogP contribution in [0.1, 0.15) is 55.5 Å². The van der Waals surface area contributed by atoms with Crippen molar-refractivity contribution in [3.8, 4) is 0 Å². The van der Waals surface area contributed by atoms with E-state index in [1.807, 2.05) is 26.0 Å². The van der Waals surface area contributed by atoms with Crippen LogP contribution < -0.4 is 11.2 Å². The smallest absolute Gasteiger partial charge is 0.234 e. The zero-order valence-corrected chi connectivity index (χ0v) is 18.1. The second-order valence-electron chi connectivity index (χ2n) is 7.59. The van der Waals surface area contributed by atoms with Crippen molar-refractivity contribution in [1.82, 2.24) is 14.9 Å². The van der Waals surface area contributed by atoms with E-state index < -0.39 is 0 Å². The molecule has 28 heavy (non-hydrogen) atoms. The van der Waals surface area contributed by atoms with Gasteiger partial charge in [0.15, 0.2) is 5.82 Å². The largest absolute Gasteiger partial charge is 0.336 e. The van der Waals surface area contributed by atoms with E-state index in [0.29, 0.717) is 15.9 Å². The molecule has 8 heteroatoms. The van der Waals surface area contributed by atoms with E-state index in [4.69, 9.17) is 17.4 Å². The zero-order chi connectivity index (χ0) is 20.1. The van der Waals surface area contributed by atoms with Crippen LogP contribution in [0, 0.1) is 19.8 Å². The number of amides is 1. The second kappa shape index (κ2) is 9.65. The molecular weight excluding hydrogens is 394 g/mol. The Morgan fingerprint density at radius 3 is 2.75 bits per heavy atom. The highest BCUT2D eigenvalue weighted by atomic mass is 35.5. The van der Waals surface area contributed by atoms with E-state index in [0.717, 1.165) is 35.7 Å². The predicted molar refractivity (Wildman–Crippen MR) is 115 cm³/mol. The first-order valence-electron chi connectivity index (χ1n) is 9.83. The lowest BCUT2D eigenvalue weighted by Crippen LogP contribution is -2.18. The molecule has 6 nitrogen and oxygen atoms in total. The van der Waals surface area contributed by atoms with Crippen LogP contribution in [0.25, 0.3) is 0 Å². The minimum Gasteiger partial charge on any atom is -0.336 e. The van der Waals surface area contributed by atoms with Crippen molar-refractivity contribution in [3.63, 3.8) is 0 Å². The highest BCUT2D eigenvalue weighted by Crippen LogP contribution is 2.29. The van der Waals surface area contributed by atoms with Gasteiger partial charge in [-0.15, -0.1) is 10.2 Å². The van der Waals surface area contributed by atoms with Gasteiger partial charge < -0.3 is 11.2 Å². The third-order valence-electron chi connectivity index (χ3n) is 5.26. The molecule has 0 unspecified atom stereocenters. The van der Waals surface area contributed by atoms with Gasteiger partial charge in [-0.25, -0.2) is 4.68 Å². The minimum absolute atomic E-state index is 0.148. The van der Waals surface area contributed by atoms with Gasteiger partial charge in [0.25, 0.3) is 0 Å². The van der Waals surface area contributed by atoms with Gasteiger partial charge in [0.05, 0.1) is 16.5 Å². The van der Waals surface area contributed by atoms with Gasteiger partial charge in [-0.1, -0.05) is 61.5 Å². The molecule has 0 atom stereocenters. The summed E-state index contributed by atoms with van der Waals surface area (Å²) in [4.78, 5) is 12.3. The van der Waals surface area contributed by atoms with Gasteiger partial charge in [0.1, 0.15) is 0 Å². The molecule has 0 aliphatic heterocycles. The highest BCUT2D eigenvalue weighted by molar-refractivity contribution is 7.99. The number of nitrogen functional groups attached to an aromatic ring is 1. The Morgan fingerprint density at radius 2 is 2.04 bits per heavy atom. The van der Waals surface area contributed by atoms with E-state index >= 15 is 0 Å². The fourth-order valence-corrected chi connectivity index (χ4v) is 4.81. The summed E-state index contributed by atoms with van der Waals surface area (Å²) in [5, 5.41) is 12.3. The quantitative estimate of drug-likeness (QED) is 0.507. The molecule has 3 rings (SSSR count). The Hall–Kier alpha value is -1.73. The number of hydrogen-bond donors (Lipinski definition) is 2. The summed E-state index contributed by atoms with van der Waals surface area (Å²) < 4.78 is 1.52. The first kappa shape index (κ1) is 21.0. The van der Waals surface area contributed by atoms with Crippen LogP contribution in [0.2, 0.25) is 5.02 Å². The van der Waals surface area contributed by atoms with Gasteiger partial charge in [0.2, 0.25) is 11.1 Å². The molecule has 1 saturated carbocycles. The molecule has 1 amide bonds. The van der Waals surface area contributed by atoms with E-state index in [9.17, 15) is 4.79 Å². The maximum atomic E-state index is 12.3. The van der Waals surface area contributed by atoms with E-state index in [1.165, 1.54) is 48.5 Å². The van der Waals surface area contributed by atoms with Gasteiger partial charge in [-0.3, -0.25) is 4.79 Å². The normalized spacial score (nSPS) is 15.0. The number of nitrogens with zero attached hydrogens (tertiary/aromatic N) is 3. The van der Waals surface area contributed by atoms with Crippen molar-refractivity contribution in [3.05, 3.63) is 34.1 Å². The first-order chi connectivity index (χ1) is 13.4.